The van der Waals surface area contributed by atoms with E-state index in [0.717, 1.165) is 26.5 Å². The quantitative estimate of drug-likeness (QED) is 0.120. The minimum atomic E-state index is -1.98. The molecule has 2 aliphatic rings. The Morgan fingerprint density at radius 3 is 1.10 bits per heavy atom. The van der Waals surface area contributed by atoms with Crippen LogP contribution in [0.4, 0.5) is 69.2 Å². The molecule has 2 aliphatic heterocycles. The van der Waals surface area contributed by atoms with Gasteiger partial charge in [0.05, 0.1) is 11.4 Å². The van der Waals surface area contributed by atoms with Crippen LogP contribution in [0, 0.1) is 47.1 Å². The Morgan fingerprint density at radius 2 is 0.771 bits per heavy atom. The van der Waals surface area contributed by atoms with Crippen molar-refractivity contribution >= 4 is 59.0 Å². The highest BCUT2D eigenvalue weighted by Crippen LogP contribution is 2.49. The summed E-state index contributed by atoms with van der Waals surface area (Å²) in [5, 5.41) is 0. The van der Waals surface area contributed by atoms with Crippen LogP contribution < -0.4 is 30.2 Å². The van der Waals surface area contributed by atoms with Crippen LogP contribution in [0.15, 0.2) is 72.8 Å². The average molecular weight is 664 g/mol. The lowest BCUT2D eigenvalue weighted by atomic mass is 9.61. The molecule has 7 rings (SSSR count). The Labute approximate surface area is 270 Å². The molecule has 0 bridgehead atoms. The van der Waals surface area contributed by atoms with Gasteiger partial charge in [0.1, 0.15) is 11.4 Å². The first-order chi connectivity index (χ1) is 23.1. The van der Waals surface area contributed by atoms with E-state index in [2.05, 4.69) is 19.6 Å². The molecule has 3 aromatic carbocycles. The first kappa shape index (κ1) is 31.3. The van der Waals surface area contributed by atoms with Crippen LogP contribution in [0.1, 0.15) is 13.8 Å². The number of nitrogens with zero attached hydrogens (tertiary/aromatic N) is 6. The van der Waals surface area contributed by atoms with Crippen molar-refractivity contribution in [2.24, 2.45) is 0 Å². The summed E-state index contributed by atoms with van der Waals surface area (Å²) in [4.78, 5) is 11.1. The summed E-state index contributed by atoms with van der Waals surface area (Å²) >= 11 is 0. The highest BCUT2D eigenvalue weighted by atomic mass is 19.2. The molecule has 0 spiro atoms. The molecule has 0 saturated heterocycles. The van der Waals surface area contributed by atoms with Gasteiger partial charge in [-0.15, -0.1) is 0 Å². The summed E-state index contributed by atoms with van der Waals surface area (Å²) in [7, 11) is 0. The van der Waals surface area contributed by atoms with E-state index in [1.807, 2.05) is 38.1 Å². The molecule has 0 atom stereocenters. The molecule has 6 nitrogen and oxygen atoms in total. The molecule has 5 aromatic rings. The highest BCUT2D eigenvalue weighted by Gasteiger charge is 2.49. The van der Waals surface area contributed by atoms with Crippen molar-refractivity contribution in [2.45, 2.75) is 13.8 Å². The van der Waals surface area contributed by atoms with Crippen LogP contribution >= 0.6 is 0 Å². The van der Waals surface area contributed by atoms with E-state index in [0.29, 0.717) is 13.1 Å². The molecule has 4 heterocycles. The molecule has 242 valence electrons. The van der Waals surface area contributed by atoms with Crippen molar-refractivity contribution in [1.82, 2.24) is 9.97 Å². The number of benzene rings is 3. The van der Waals surface area contributed by atoms with Crippen molar-refractivity contribution in [3.8, 4) is 0 Å². The summed E-state index contributed by atoms with van der Waals surface area (Å²) in [6.07, 6.45) is 0. The minimum absolute atomic E-state index is 0.0874. The van der Waals surface area contributed by atoms with Crippen LogP contribution in [0.25, 0.3) is 0 Å². The summed E-state index contributed by atoms with van der Waals surface area (Å²) in [5.74, 6) is -15.5. The molecular weight excluding hydrogens is 642 g/mol. The lowest BCUT2D eigenvalue weighted by molar-refractivity contribution is 0.409. The number of aromatic nitrogens is 2. The van der Waals surface area contributed by atoms with Gasteiger partial charge >= 0.3 is 14.0 Å². The van der Waals surface area contributed by atoms with Gasteiger partial charge in [0, 0.05) is 24.5 Å². The fourth-order valence-electron chi connectivity index (χ4n) is 6.68. The van der Waals surface area contributed by atoms with E-state index in [4.69, 9.17) is 0 Å². The predicted octanol–water partition coefficient (Wildman–Crippen LogP) is 6.34. The van der Waals surface area contributed by atoms with Crippen LogP contribution in [-0.4, -0.2) is 37.0 Å². The zero-order valence-electron chi connectivity index (χ0n) is 25.2. The Bertz CT molecular complexity index is 1900. The number of para-hydroxylation sites is 4. The van der Waals surface area contributed by atoms with Crippen LogP contribution in [0.5, 0.6) is 0 Å². The Balaban J connectivity index is 1.45. The van der Waals surface area contributed by atoms with Gasteiger partial charge in [0.15, 0.2) is 0 Å². The molecule has 0 unspecified atom stereocenters. The van der Waals surface area contributed by atoms with Gasteiger partial charge in [-0.05, 0) is 49.0 Å². The molecule has 0 amide bonds. The molecule has 16 heteroatoms. The smallest absolute Gasteiger partial charge is 0.391 e. The second-order valence-corrected chi connectivity index (χ2v) is 11.0. The van der Waals surface area contributed by atoms with Gasteiger partial charge in [0.2, 0.25) is 23.3 Å². The monoisotopic (exact) mass is 664 g/mol. The molecule has 0 fully saturated rings. The molecule has 0 aliphatic carbocycles. The highest BCUT2D eigenvalue weighted by molar-refractivity contribution is 6.85. The molecule has 2 aromatic heterocycles. The third kappa shape index (κ3) is 4.56. The fraction of sp³-hybridized carbons (Fsp3) is 0.125. The number of pyridine rings is 2. The van der Waals surface area contributed by atoms with E-state index in [-0.39, 0.29) is 23.8 Å². The van der Waals surface area contributed by atoms with Crippen molar-refractivity contribution < 1.29 is 35.1 Å². The minimum Gasteiger partial charge on any atom is -0.391 e. The second-order valence-electron chi connectivity index (χ2n) is 11.0. The van der Waals surface area contributed by atoms with Gasteiger partial charge < -0.3 is 19.2 Å². The van der Waals surface area contributed by atoms with E-state index in [1.165, 1.54) is 36.4 Å². The van der Waals surface area contributed by atoms with E-state index >= 15 is 17.6 Å². The normalized spacial score (nSPS) is 14.0. The van der Waals surface area contributed by atoms with Gasteiger partial charge in [-0.2, -0.15) is 45.1 Å². The lowest BCUT2D eigenvalue weighted by Gasteiger charge is -2.31. The van der Waals surface area contributed by atoms with Gasteiger partial charge in [-0.25, -0.2) is 0 Å². The van der Waals surface area contributed by atoms with Crippen molar-refractivity contribution in [1.29, 1.82) is 0 Å². The van der Waals surface area contributed by atoms with E-state index < -0.39 is 65.4 Å². The summed E-state index contributed by atoms with van der Waals surface area (Å²) in [6.45, 7) is 3.24. The predicted molar refractivity (Wildman–Crippen MR) is 169 cm³/mol. The Morgan fingerprint density at radius 1 is 0.458 bits per heavy atom. The van der Waals surface area contributed by atoms with Crippen molar-refractivity contribution in [3.63, 3.8) is 0 Å². The molecular formula is C32H22B2F8N6. The first-order valence-corrected chi connectivity index (χ1v) is 14.9. The zero-order valence-corrected chi connectivity index (χ0v) is 25.2. The third-order valence-electron chi connectivity index (χ3n) is 8.63. The fourth-order valence-corrected chi connectivity index (χ4v) is 6.68. The molecule has 48 heavy (non-hydrogen) atoms. The number of hydrogen-bond acceptors (Lipinski definition) is 6. The largest absolute Gasteiger partial charge is 0.421 e. The van der Waals surface area contributed by atoms with E-state index in [1.54, 1.807) is 12.1 Å². The van der Waals surface area contributed by atoms with Gasteiger partial charge in [-0.3, -0.25) is 0 Å². The first-order valence-electron chi connectivity index (χ1n) is 14.9. The molecule has 0 radical (unpaired) electrons. The Kier molecular flexibility index (Phi) is 7.68. The van der Waals surface area contributed by atoms with Gasteiger partial charge in [-0.1, -0.05) is 48.5 Å². The van der Waals surface area contributed by atoms with Crippen molar-refractivity contribution in [3.05, 3.63) is 120 Å². The van der Waals surface area contributed by atoms with Crippen LogP contribution in [0.3, 0.4) is 0 Å². The summed E-state index contributed by atoms with van der Waals surface area (Å²) in [6, 6.07) is 19.6. The van der Waals surface area contributed by atoms with Gasteiger partial charge in [0.25, 0.3) is 23.8 Å². The summed E-state index contributed by atoms with van der Waals surface area (Å²) in [5.41, 5.74) is -0.0771. The summed E-state index contributed by atoms with van der Waals surface area (Å²) < 4.78 is 120. The number of hydrogen-bond donors (Lipinski definition) is 0. The number of halogens is 8. The maximum absolute atomic E-state index is 15.5. The lowest BCUT2D eigenvalue weighted by Crippen LogP contribution is -2.58. The maximum atomic E-state index is 15.5. The number of fused-ring (bicyclic) bond motifs is 2. The second kappa shape index (κ2) is 11.8. The topological polar surface area (TPSA) is 38.7 Å². The number of rotatable bonds is 6. The van der Waals surface area contributed by atoms with Crippen molar-refractivity contribution in [2.75, 3.05) is 32.3 Å². The molecule has 0 saturated carbocycles. The standard InChI is InChI=1S/C32H22B2F8N6/c1-3-45-19-9-5-6-10-20(19)46(4-2)33(45)17-13-15-18(16-14-17)34-47(27-23(35)29(39)43-30(40)24(27)36)21-11-7-8-12-22(21)48(34)28-25(37)31(41)44-32(42)26(28)38/h5-16H,3-4H2,1-2H3. The average Bonchev–Trinajstić information content (AvgIpc) is 3.59. The zero-order chi connectivity index (χ0) is 34.0. The van der Waals surface area contributed by atoms with Crippen LogP contribution in [0.2, 0.25) is 0 Å². The third-order valence-corrected chi connectivity index (χ3v) is 8.63. The van der Waals surface area contributed by atoms with Crippen LogP contribution in [-0.2, 0) is 0 Å². The SMILES string of the molecule is CCN1B(c2ccc(B3N(c4c(F)c(F)nc(F)c4F)c4ccccc4N3c3c(F)c(F)nc(F)c3F)cc2)N(CC)c2ccccc21. The van der Waals surface area contributed by atoms with E-state index in [9.17, 15) is 17.6 Å². The molecule has 0 N–H and O–H groups in total. The Hall–Kier alpha value is -5.27. The maximum Gasteiger partial charge on any atom is 0.421 e. The number of anilines is 6.